The molecule has 0 fully saturated rings. The van der Waals surface area contributed by atoms with E-state index in [1.165, 1.54) is 11.1 Å². The van der Waals surface area contributed by atoms with Crippen molar-refractivity contribution in [2.75, 3.05) is 0 Å². The predicted octanol–water partition coefficient (Wildman–Crippen LogP) is 4.23. The Labute approximate surface area is 95.9 Å². The van der Waals surface area contributed by atoms with Crippen LogP contribution in [-0.4, -0.2) is 11.3 Å². The summed E-state index contributed by atoms with van der Waals surface area (Å²) in [7, 11) is -0.0108. The second kappa shape index (κ2) is 5.12. The molecule has 1 aromatic rings. The zero-order valence-corrected chi connectivity index (χ0v) is 11.7. The van der Waals surface area contributed by atoms with Gasteiger partial charge in [0.2, 0.25) is 0 Å². The summed E-state index contributed by atoms with van der Waals surface area (Å²) in [6.45, 7) is 13.9. The minimum absolute atomic E-state index is 0.0108. The maximum atomic E-state index is 2.35. The smallest absolute Gasteiger partial charge is 0.0204 e. The number of hydrogen-bond donors (Lipinski definition) is 0. The highest BCUT2D eigenvalue weighted by Crippen LogP contribution is 2.45. The van der Waals surface area contributed by atoms with E-state index < -0.39 is 0 Å². The SMILES string of the molecule is Cc1cccc(P(C(C)C)C(C)C)c1C. The molecule has 0 aliphatic rings. The van der Waals surface area contributed by atoms with Crippen molar-refractivity contribution in [2.45, 2.75) is 52.9 Å². The average Bonchev–Trinajstić information content (AvgIpc) is 2.11. The van der Waals surface area contributed by atoms with Crippen LogP contribution in [0.4, 0.5) is 0 Å². The van der Waals surface area contributed by atoms with Crippen molar-refractivity contribution in [2.24, 2.45) is 0 Å². The van der Waals surface area contributed by atoms with Gasteiger partial charge in [0.15, 0.2) is 0 Å². The molecule has 0 bridgehead atoms. The summed E-state index contributed by atoms with van der Waals surface area (Å²) in [5.41, 5.74) is 4.49. The second-order valence-electron chi connectivity index (χ2n) is 4.81. The minimum atomic E-state index is -0.0108. The van der Waals surface area contributed by atoms with Crippen LogP contribution < -0.4 is 5.30 Å². The molecule has 1 heteroatoms. The molecule has 15 heavy (non-hydrogen) atoms. The van der Waals surface area contributed by atoms with Crippen molar-refractivity contribution < 1.29 is 0 Å². The van der Waals surface area contributed by atoms with Gasteiger partial charge in [-0.3, -0.25) is 0 Å². The molecule has 0 unspecified atom stereocenters. The molecule has 0 aliphatic heterocycles. The van der Waals surface area contributed by atoms with Crippen molar-refractivity contribution in [1.82, 2.24) is 0 Å². The molecule has 1 aromatic carbocycles. The summed E-state index contributed by atoms with van der Waals surface area (Å²) >= 11 is 0. The first-order chi connectivity index (χ1) is 6.95. The van der Waals surface area contributed by atoms with Gasteiger partial charge in [-0.15, -0.1) is 0 Å². The van der Waals surface area contributed by atoms with E-state index >= 15 is 0 Å². The van der Waals surface area contributed by atoms with Crippen LogP contribution in [0.1, 0.15) is 38.8 Å². The highest BCUT2D eigenvalue weighted by molar-refractivity contribution is 7.67. The Morgan fingerprint density at radius 2 is 1.47 bits per heavy atom. The molecule has 0 atom stereocenters. The van der Waals surface area contributed by atoms with Crippen LogP contribution in [0.5, 0.6) is 0 Å². The number of hydrogen-bond acceptors (Lipinski definition) is 0. The Morgan fingerprint density at radius 1 is 0.933 bits per heavy atom. The molecule has 0 aliphatic carbocycles. The summed E-state index contributed by atoms with van der Waals surface area (Å²) < 4.78 is 0. The standard InChI is InChI=1S/C14H23P/c1-10(2)15(11(3)4)14-9-7-8-12(5)13(14)6/h7-11H,1-6H3. The lowest BCUT2D eigenvalue weighted by Crippen LogP contribution is -2.18. The second-order valence-corrected chi connectivity index (χ2v) is 8.18. The van der Waals surface area contributed by atoms with E-state index in [0.29, 0.717) is 0 Å². The van der Waals surface area contributed by atoms with Crippen molar-refractivity contribution in [3.8, 4) is 0 Å². The molecular formula is C14H23P. The van der Waals surface area contributed by atoms with Crippen LogP contribution in [-0.2, 0) is 0 Å². The summed E-state index contributed by atoms with van der Waals surface area (Å²) in [4.78, 5) is 0. The Bertz CT molecular complexity index is 318. The van der Waals surface area contributed by atoms with Gasteiger partial charge in [0, 0.05) is 0 Å². The van der Waals surface area contributed by atoms with Gasteiger partial charge in [0.05, 0.1) is 0 Å². The fraction of sp³-hybridized carbons (Fsp3) is 0.571. The summed E-state index contributed by atoms with van der Waals surface area (Å²) in [5, 5.41) is 1.61. The molecule has 0 saturated heterocycles. The topological polar surface area (TPSA) is 0 Å². The van der Waals surface area contributed by atoms with Crippen molar-refractivity contribution in [1.29, 1.82) is 0 Å². The predicted molar refractivity (Wildman–Crippen MR) is 72.7 cm³/mol. The number of benzene rings is 1. The largest absolute Gasteiger partial charge is 0.0698 e. The first-order valence-electron chi connectivity index (χ1n) is 5.79. The van der Waals surface area contributed by atoms with E-state index in [9.17, 15) is 0 Å². The number of aryl methyl sites for hydroxylation is 1. The van der Waals surface area contributed by atoms with Gasteiger partial charge in [-0.25, -0.2) is 0 Å². The van der Waals surface area contributed by atoms with Gasteiger partial charge >= 0.3 is 0 Å². The van der Waals surface area contributed by atoms with Crippen LogP contribution in [0.25, 0.3) is 0 Å². The van der Waals surface area contributed by atoms with Gasteiger partial charge in [-0.2, -0.15) is 0 Å². The van der Waals surface area contributed by atoms with E-state index in [4.69, 9.17) is 0 Å². The van der Waals surface area contributed by atoms with Crippen LogP contribution in [0.3, 0.4) is 0 Å². The van der Waals surface area contributed by atoms with Crippen LogP contribution in [0, 0.1) is 13.8 Å². The molecule has 0 N–H and O–H groups in total. The molecule has 0 saturated carbocycles. The van der Waals surface area contributed by atoms with E-state index in [1.807, 2.05) is 0 Å². The zero-order chi connectivity index (χ0) is 11.6. The normalized spacial score (nSPS) is 11.8. The van der Waals surface area contributed by atoms with Crippen LogP contribution in [0.15, 0.2) is 18.2 Å². The fourth-order valence-electron chi connectivity index (χ4n) is 2.17. The molecule has 0 nitrogen and oxygen atoms in total. The Balaban J connectivity index is 3.17. The van der Waals surface area contributed by atoms with Crippen molar-refractivity contribution >= 4 is 13.2 Å². The molecule has 0 aromatic heterocycles. The van der Waals surface area contributed by atoms with Gasteiger partial charge in [-0.1, -0.05) is 53.8 Å². The first kappa shape index (κ1) is 12.7. The third-order valence-electron chi connectivity index (χ3n) is 2.97. The monoisotopic (exact) mass is 222 g/mol. The molecule has 1 rings (SSSR count). The van der Waals surface area contributed by atoms with Gasteiger partial charge in [-0.05, 0) is 41.6 Å². The Hall–Kier alpha value is -0.350. The molecule has 0 spiro atoms. The van der Waals surface area contributed by atoms with Crippen LogP contribution in [0.2, 0.25) is 0 Å². The number of rotatable bonds is 3. The van der Waals surface area contributed by atoms with E-state index in [2.05, 4.69) is 59.7 Å². The van der Waals surface area contributed by atoms with Gasteiger partial charge in [0.1, 0.15) is 0 Å². The summed E-state index contributed by atoms with van der Waals surface area (Å²) in [6, 6.07) is 6.75. The molecule has 0 heterocycles. The maximum Gasteiger partial charge on any atom is -0.0204 e. The average molecular weight is 222 g/mol. The van der Waals surface area contributed by atoms with Gasteiger partial charge in [0.25, 0.3) is 0 Å². The van der Waals surface area contributed by atoms with E-state index in [0.717, 1.165) is 11.3 Å². The highest BCUT2D eigenvalue weighted by Gasteiger charge is 2.20. The van der Waals surface area contributed by atoms with Crippen molar-refractivity contribution in [3.05, 3.63) is 29.3 Å². The maximum absolute atomic E-state index is 2.35. The lowest BCUT2D eigenvalue weighted by molar-refractivity contribution is 1.02. The minimum Gasteiger partial charge on any atom is -0.0698 e. The quantitative estimate of drug-likeness (QED) is 0.671. The fourth-order valence-corrected chi connectivity index (χ4v) is 5.30. The van der Waals surface area contributed by atoms with E-state index in [1.54, 1.807) is 5.30 Å². The zero-order valence-electron chi connectivity index (χ0n) is 10.8. The molecule has 84 valence electrons. The summed E-state index contributed by atoms with van der Waals surface area (Å²) in [5.74, 6) is 0. The summed E-state index contributed by atoms with van der Waals surface area (Å²) in [6.07, 6.45) is 0. The lowest BCUT2D eigenvalue weighted by atomic mass is 10.1. The Kier molecular flexibility index (Phi) is 4.34. The first-order valence-corrected chi connectivity index (χ1v) is 7.27. The Morgan fingerprint density at radius 3 is 1.93 bits per heavy atom. The van der Waals surface area contributed by atoms with E-state index in [-0.39, 0.29) is 7.92 Å². The van der Waals surface area contributed by atoms with Gasteiger partial charge < -0.3 is 0 Å². The van der Waals surface area contributed by atoms with Crippen LogP contribution >= 0.6 is 7.92 Å². The lowest BCUT2D eigenvalue weighted by Gasteiger charge is -2.28. The third-order valence-corrected chi connectivity index (χ3v) is 6.23. The highest BCUT2D eigenvalue weighted by atomic mass is 31.1. The molecular weight excluding hydrogens is 199 g/mol. The third kappa shape index (κ3) is 2.82. The molecule has 0 amide bonds. The molecule has 0 radical (unpaired) electrons. The van der Waals surface area contributed by atoms with Crippen molar-refractivity contribution in [3.63, 3.8) is 0 Å².